The van der Waals surface area contributed by atoms with Crippen LogP contribution in [-0.2, 0) is 10.0 Å². The van der Waals surface area contributed by atoms with Gasteiger partial charge in [-0.2, -0.15) is 0 Å². The molecule has 0 amide bonds. The number of hydrogen-bond donors (Lipinski definition) is 1. The Kier molecular flexibility index (Phi) is 5.20. The van der Waals surface area contributed by atoms with E-state index in [1.54, 1.807) is 37.3 Å². The van der Waals surface area contributed by atoms with Crippen molar-refractivity contribution in [3.8, 4) is 5.75 Å². The van der Waals surface area contributed by atoms with Gasteiger partial charge in [0.25, 0.3) is 15.7 Å². The first kappa shape index (κ1) is 17.5. The lowest BCUT2D eigenvalue weighted by Gasteiger charge is -2.09. The zero-order valence-electron chi connectivity index (χ0n) is 12.9. The van der Waals surface area contributed by atoms with Crippen LogP contribution in [0.15, 0.2) is 60.0 Å². The summed E-state index contributed by atoms with van der Waals surface area (Å²) >= 11 is 0. The molecule has 126 valence electrons. The second-order valence-electron chi connectivity index (χ2n) is 4.93. The Morgan fingerprint density at radius 1 is 1.25 bits per heavy atom. The number of anilines is 1. The summed E-state index contributed by atoms with van der Waals surface area (Å²) < 4.78 is 32.4. The van der Waals surface area contributed by atoms with Crippen molar-refractivity contribution in [3.05, 3.63) is 70.8 Å². The Balaban J connectivity index is 2.23. The van der Waals surface area contributed by atoms with Crippen molar-refractivity contribution in [2.75, 3.05) is 11.3 Å². The molecule has 7 nitrogen and oxygen atoms in total. The summed E-state index contributed by atoms with van der Waals surface area (Å²) in [6.07, 6.45) is 1.60. The number of rotatable bonds is 7. The van der Waals surface area contributed by atoms with Crippen LogP contribution in [-0.4, -0.2) is 19.9 Å². The molecule has 0 unspecified atom stereocenters. The molecule has 0 aliphatic carbocycles. The maximum absolute atomic E-state index is 12.4. The first-order valence-electron chi connectivity index (χ1n) is 6.95. The third kappa shape index (κ3) is 4.11. The van der Waals surface area contributed by atoms with Crippen LogP contribution < -0.4 is 9.46 Å². The highest BCUT2D eigenvalue weighted by Gasteiger charge is 2.19. The minimum absolute atomic E-state index is 0.174. The number of nitrogens with one attached hydrogen (secondary N) is 1. The van der Waals surface area contributed by atoms with Crippen molar-refractivity contribution in [1.29, 1.82) is 0 Å². The van der Waals surface area contributed by atoms with Gasteiger partial charge in [-0.05, 0) is 37.3 Å². The van der Waals surface area contributed by atoms with E-state index in [-0.39, 0.29) is 10.6 Å². The summed E-state index contributed by atoms with van der Waals surface area (Å²) in [7, 11) is -3.93. The van der Waals surface area contributed by atoms with Crippen molar-refractivity contribution >= 4 is 21.4 Å². The van der Waals surface area contributed by atoms with E-state index in [0.29, 0.717) is 23.6 Å². The molecular formula is C16H16N2O5S. The molecule has 0 radical (unpaired) electrons. The predicted octanol–water partition coefficient (Wildman–Crippen LogP) is 3.27. The fourth-order valence-electron chi connectivity index (χ4n) is 1.94. The lowest BCUT2D eigenvalue weighted by Crippen LogP contribution is -2.13. The van der Waals surface area contributed by atoms with Crippen molar-refractivity contribution in [2.24, 2.45) is 0 Å². The van der Waals surface area contributed by atoms with E-state index >= 15 is 0 Å². The number of nitro groups is 1. The lowest BCUT2D eigenvalue weighted by atomic mass is 10.2. The normalized spacial score (nSPS) is 10.9. The SMILES string of the molecule is C=CCOc1ccc(NS(=O)(=O)c2ccc(C)c([N+](=O)[O-])c2)cc1. The highest BCUT2D eigenvalue weighted by atomic mass is 32.2. The van der Waals surface area contributed by atoms with Gasteiger partial charge in [-0.25, -0.2) is 8.42 Å². The van der Waals surface area contributed by atoms with Crippen LogP contribution in [0.25, 0.3) is 0 Å². The second kappa shape index (κ2) is 7.14. The minimum Gasteiger partial charge on any atom is -0.490 e. The summed E-state index contributed by atoms with van der Waals surface area (Å²) in [5.74, 6) is 0.573. The molecule has 0 aliphatic rings. The highest BCUT2D eigenvalue weighted by Crippen LogP contribution is 2.24. The molecule has 24 heavy (non-hydrogen) atoms. The Hall–Kier alpha value is -2.87. The summed E-state index contributed by atoms with van der Waals surface area (Å²) in [6.45, 7) is 5.43. The molecule has 2 aromatic rings. The van der Waals surface area contributed by atoms with E-state index in [4.69, 9.17) is 4.74 Å². The Morgan fingerprint density at radius 3 is 2.50 bits per heavy atom. The van der Waals surface area contributed by atoms with Gasteiger partial charge in [0.2, 0.25) is 0 Å². The number of sulfonamides is 1. The second-order valence-corrected chi connectivity index (χ2v) is 6.62. The average Bonchev–Trinajstić information content (AvgIpc) is 2.54. The lowest BCUT2D eigenvalue weighted by molar-refractivity contribution is -0.385. The molecule has 0 atom stereocenters. The van der Waals surface area contributed by atoms with E-state index in [9.17, 15) is 18.5 Å². The average molecular weight is 348 g/mol. The van der Waals surface area contributed by atoms with Gasteiger partial charge in [0.1, 0.15) is 12.4 Å². The first-order valence-corrected chi connectivity index (χ1v) is 8.43. The maximum Gasteiger partial charge on any atom is 0.273 e. The van der Waals surface area contributed by atoms with Crippen LogP contribution >= 0.6 is 0 Å². The zero-order chi connectivity index (χ0) is 17.7. The van der Waals surface area contributed by atoms with Crippen molar-refractivity contribution in [2.45, 2.75) is 11.8 Å². The number of benzene rings is 2. The number of nitro benzene ring substituents is 1. The van der Waals surface area contributed by atoms with Crippen molar-refractivity contribution in [1.82, 2.24) is 0 Å². The largest absolute Gasteiger partial charge is 0.490 e. The van der Waals surface area contributed by atoms with Gasteiger partial charge in [0.15, 0.2) is 0 Å². The fourth-order valence-corrected chi connectivity index (χ4v) is 3.02. The Bertz CT molecular complexity index is 861. The summed E-state index contributed by atoms with van der Waals surface area (Å²) in [5, 5.41) is 11.0. The van der Waals surface area contributed by atoms with Crippen LogP contribution in [0.5, 0.6) is 5.75 Å². The third-order valence-electron chi connectivity index (χ3n) is 3.16. The van der Waals surface area contributed by atoms with Crippen LogP contribution in [0.1, 0.15) is 5.56 Å². The molecule has 0 saturated carbocycles. The molecule has 2 aromatic carbocycles. The van der Waals surface area contributed by atoms with Crippen LogP contribution in [0.2, 0.25) is 0 Å². The van der Waals surface area contributed by atoms with Gasteiger partial charge < -0.3 is 4.74 Å². The number of ether oxygens (including phenoxy) is 1. The fraction of sp³-hybridized carbons (Fsp3) is 0.125. The highest BCUT2D eigenvalue weighted by molar-refractivity contribution is 7.92. The van der Waals surface area contributed by atoms with Gasteiger partial charge in [-0.15, -0.1) is 0 Å². The van der Waals surface area contributed by atoms with E-state index in [1.807, 2.05) is 0 Å². The van der Waals surface area contributed by atoms with E-state index in [0.717, 1.165) is 6.07 Å². The molecule has 0 saturated heterocycles. The van der Waals surface area contributed by atoms with Crippen LogP contribution in [0.3, 0.4) is 0 Å². The van der Waals surface area contributed by atoms with Gasteiger partial charge in [-0.3, -0.25) is 14.8 Å². The smallest absolute Gasteiger partial charge is 0.273 e. The minimum atomic E-state index is -3.93. The number of aryl methyl sites for hydroxylation is 1. The quantitative estimate of drug-likeness (QED) is 0.470. The molecule has 8 heteroatoms. The third-order valence-corrected chi connectivity index (χ3v) is 4.54. The van der Waals surface area contributed by atoms with Gasteiger partial charge in [-0.1, -0.05) is 18.7 Å². The molecule has 0 aromatic heterocycles. The number of nitrogens with zero attached hydrogens (tertiary/aromatic N) is 1. The van der Waals surface area contributed by atoms with Crippen LogP contribution in [0, 0.1) is 17.0 Å². The molecule has 0 spiro atoms. The Labute approximate surface area is 139 Å². The summed E-state index contributed by atoms with van der Waals surface area (Å²) in [5.41, 5.74) is 0.470. The van der Waals surface area contributed by atoms with Gasteiger partial charge >= 0.3 is 0 Å². The van der Waals surface area contributed by atoms with E-state index < -0.39 is 14.9 Å². The molecular weight excluding hydrogens is 332 g/mol. The molecule has 1 N–H and O–H groups in total. The van der Waals surface area contributed by atoms with Crippen LogP contribution in [0.4, 0.5) is 11.4 Å². The van der Waals surface area contributed by atoms with Gasteiger partial charge in [0.05, 0.1) is 9.82 Å². The van der Waals surface area contributed by atoms with Crippen molar-refractivity contribution in [3.63, 3.8) is 0 Å². The van der Waals surface area contributed by atoms with Gasteiger partial charge in [0, 0.05) is 17.3 Å². The Morgan fingerprint density at radius 2 is 1.92 bits per heavy atom. The number of hydrogen-bond acceptors (Lipinski definition) is 5. The summed E-state index contributed by atoms with van der Waals surface area (Å²) in [4.78, 5) is 10.2. The topological polar surface area (TPSA) is 98.5 Å². The van der Waals surface area contributed by atoms with E-state index in [2.05, 4.69) is 11.3 Å². The van der Waals surface area contributed by atoms with E-state index in [1.165, 1.54) is 12.1 Å². The standard InChI is InChI=1S/C16H16N2O5S/c1-3-10-23-14-7-5-13(6-8-14)17-24(21,22)15-9-4-12(2)16(11-15)18(19)20/h3-9,11,17H,1,10H2,2H3. The molecule has 2 rings (SSSR count). The molecule has 0 aliphatic heterocycles. The predicted molar refractivity (Wildman–Crippen MR) is 90.8 cm³/mol. The molecule has 0 bridgehead atoms. The van der Waals surface area contributed by atoms with Crippen molar-refractivity contribution < 1.29 is 18.1 Å². The molecule has 0 fully saturated rings. The zero-order valence-corrected chi connectivity index (χ0v) is 13.7. The maximum atomic E-state index is 12.4. The molecule has 0 heterocycles. The first-order chi connectivity index (χ1) is 11.3. The monoisotopic (exact) mass is 348 g/mol. The summed E-state index contributed by atoms with van der Waals surface area (Å²) in [6, 6.07) is 10.1.